The molecule has 2 unspecified atom stereocenters. The molecule has 1 heterocycles. The molecule has 0 bridgehead atoms. The van der Waals surface area contributed by atoms with Crippen LogP contribution in [0.5, 0.6) is 0 Å². The average molecular weight is 324 g/mol. The summed E-state index contributed by atoms with van der Waals surface area (Å²) in [5.41, 5.74) is 5.59. The minimum Gasteiger partial charge on any atom is -0.376 e. The van der Waals surface area contributed by atoms with E-state index in [1.807, 2.05) is 0 Å². The fraction of sp³-hybridized carbons (Fsp3) is 0.500. The second-order valence-corrected chi connectivity index (χ2v) is 5.59. The van der Waals surface area contributed by atoms with Crippen molar-refractivity contribution in [1.82, 2.24) is 0 Å². The molecule has 23 heavy (non-hydrogen) atoms. The third kappa shape index (κ3) is 4.49. The van der Waals surface area contributed by atoms with Gasteiger partial charge in [0, 0.05) is 23.4 Å². The summed E-state index contributed by atoms with van der Waals surface area (Å²) in [6, 6.07) is 2.40. The molecule has 1 aliphatic rings. The maximum atomic E-state index is 13.8. The summed E-state index contributed by atoms with van der Waals surface area (Å²) in [5.74, 6) is -1.79. The van der Waals surface area contributed by atoms with Gasteiger partial charge in [-0.2, -0.15) is 0 Å². The Labute approximate surface area is 134 Å². The van der Waals surface area contributed by atoms with Crippen molar-refractivity contribution < 1.29 is 23.5 Å². The van der Waals surface area contributed by atoms with Crippen LogP contribution in [0.4, 0.5) is 10.1 Å². The number of halogens is 1. The second kappa shape index (κ2) is 7.52. The van der Waals surface area contributed by atoms with E-state index < -0.39 is 23.7 Å². The Kier molecular flexibility index (Phi) is 5.68. The molecular formula is C16H21FN2O4. The van der Waals surface area contributed by atoms with Crippen LogP contribution in [0, 0.1) is 12.7 Å². The van der Waals surface area contributed by atoms with Crippen molar-refractivity contribution >= 4 is 17.5 Å². The summed E-state index contributed by atoms with van der Waals surface area (Å²) >= 11 is 0. The number of carbonyl (C=O) groups is 2. The molecule has 126 valence electrons. The van der Waals surface area contributed by atoms with Crippen LogP contribution in [0.3, 0.4) is 0 Å². The minimum absolute atomic E-state index is 0.00340. The number of amides is 2. The Balaban J connectivity index is 1.99. The van der Waals surface area contributed by atoms with Crippen LogP contribution in [0.1, 0.15) is 35.7 Å². The lowest BCUT2D eigenvalue weighted by Crippen LogP contribution is -2.31. The minimum atomic E-state index is -0.762. The molecule has 2 atom stereocenters. The number of hydrogen-bond acceptors (Lipinski definition) is 4. The highest BCUT2D eigenvalue weighted by Gasteiger charge is 2.21. The second-order valence-electron chi connectivity index (χ2n) is 5.59. The summed E-state index contributed by atoms with van der Waals surface area (Å²) in [6.45, 7) is 4.16. The van der Waals surface area contributed by atoms with Gasteiger partial charge in [-0.1, -0.05) is 0 Å². The number of nitrogens with one attached hydrogen (secondary N) is 1. The highest BCUT2D eigenvalue weighted by molar-refractivity contribution is 5.98. The van der Waals surface area contributed by atoms with Crippen molar-refractivity contribution in [3.05, 3.63) is 29.1 Å². The van der Waals surface area contributed by atoms with E-state index in [1.54, 1.807) is 6.92 Å². The molecule has 6 nitrogen and oxygen atoms in total. The average Bonchev–Trinajstić information content (AvgIpc) is 3.02. The van der Waals surface area contributed by atoms with E-state index in [9.17, 15) is 14.0 Å². The number of primary amides is 1. The van der Waals surface area contributed by atoms with Crippen molar-refractivity contribution in [1.29, 1.82) is 0 Å². The Morgan fingerprint density at radius 3 is 2.87 bits per heavy atom. The van der Waals surface area contributed by atoms with Gasteiger partial charge in [0.05, 0.1) is 12.7 Å². The Bertz CT molecular complexity index is 600. The first-order valence-electron chi connectivity index (χ1n) is 7.52. The number of hydrogen-bond donors (Lipinski definition) is 2. The molecular weight excluding hydrogens is 303 g/mol. The van der Waals surface area contributed by atoms with Crippen LogP contribution in [-0.4, -0.2) is 37.2 Å². The maximum Gasteiger partial charge on any atom is 0.253 e. The molecule has 1 fully saturated rings. The number of carbonyl (C=O) groups excluding carboxylic acids is 2. The SMILES string of the molecule is Cc1c(F)cc(C(N)=O)cc1NC(=O)C(C)OCC1CCCO1. The highest BCUT2D eigenvalue weighted by Crippen LogP contribution is 2.21. The van der Waals surface area contributed by atoms with Gasteiger partial charge in [0.15, 0.2) is 0 Å². The van der Waals surface area contributed by atoms with Crippen LogP contribution in [0.15, 0.2) is 12.1 Å². The smallest absolute Gasteiger partial charge is 0.253 e. The summed E-state index contributed by atoms with van der Waals surface area (Å²) in [7, 11) is 0. The van der Waals surface area contributed by atoms with Gasteiger partial charge in [0.1, 0.15) is 11.9 Å². The quantitative estimate of drug-likeness (QED) is 0.834. The molecule has 1 aromatic carbocycles. The van der Waals surface area contributed by atoms with Crippen LogP contribution < -0.4 is 11.1 Å². The predicted octanol–water partition coefficient (Wildman–Crippen LogP) is 1.76. The topological polar surface area (TPSA) is 90.7 Å². The summed E-state index contributed by atoms with van der Waals surface area (Å²) in [6.07, 6.45) is 1.20. The first-order chi connectivity index (χ1) is 10.9. The standard InChI is InChI=1S/C16H21FN2O4/c1-9-13(17)6-11(15(18)20)7-14(9)19-16(21)10(2)23-8-12-4-3-5-22-12/h6-7,10,12H,3-5,8H2,1-2H3,(H2,18,20)(H,19,21). The third-order valence-electron chi connectivity index (χ3n) is 3.81. The van der Waals surface area contributed by atoms with Gasteiger partial charge in [-0.05, 0) is 38.8 Å². The molecule has 2 rings (SSSR count). The predicted molar refractivity (Wildman–Crippen MR) is 82.7 cm³/mol. The van der Waals surface area contributed by atoms with Crippen molar-refractivity contribution in [2.24, 2.45) is 5.73 Å². The molecule has 0 spiro atoms. The van der Waals surface area contributed by atoms with Crippen LogP contribution in [0.25, 0.3) is 0 Å². The first-order valence-corrected chi connectivity index (χ1v) is 7.52. The van der Waals surface area contributed by atoms with Crippen molar-refractivity contribution in [3.63, 3.8) is 0 Å². The van der Waals surface area contributed by atoms with Gasteiger partial charge in [-0.15, -0.1) is 0 Å². The lowest BCUT2D eigenvalue weighted by molar-refractivity contribution is -0.128. The van der Waals surface area contributed by atoms with Gasteiger partial charge >= 0.3 is 0 Å². The van der Waals surface area contributed by atoms with Gasteiger partial charge in [0.25, 0.3) is 5.91 Å². The molecule has 1 saturated heterocycles. The van der Waals surface area contributed by atoms with E-state index in [4.69, 9.17) is 15.2 Å². The van der Waals surface area contributed by atoms with Crippen LogP contribution in [0.2, 0.25) is 0 Å². The molecule has 0 radical (unpaired) electrons. The number of nitrogens with two attached hydrogens (primary N) is 1. The molecule has 0 saturated carbocycles. The van der Waals surface area contributed by atoms with Gasteiger partial charge in [-0.3, -0.25) is 9.59 Å². The molecule has 7 heteroatoms. The van der Waals surface area contributed by atoms with Crippen molar-refractivity contribution in [3.8, 4) is 0 Å². The molecule has 2 amide bonds. The van der Waals surface area contributed by atoms with E-state index in [0.717, 1.165) is 18.9 Å². The molecule has 1 aliphatic heterocycles. The van der Waals surface area contributed by atoms with Crippen LogP contribution >= 0.6 is 0 Å². The van der Waals surface area contributed by atoms with E-state index in [2.05, 4.69) is 5.32 Å². The van der Waals surface area contributed by atoms with E-state index in [1.165, 1.54) is 13.0 Å². The Morgan fingerprint density at radius 2 is 2.26 bits per heavy atom. The van der Waals surface area contributed by atoms with Crippen molar-refractivity contribution in [2.75, 3.05) is 18.5 Å². The normalized spacial score (nSPS) is 18.7. The zero-order valence-electron chi connectivity index (χ0n) is 13.2. The highest BCUT2D eigenvalue weighted by atomic mass is 19.1. The number of ether oxygens (including phenoxy) is 2. The van der Waals surface area contributed by atoms with Crippen molar-refractivity contribution in [2.45, 2.75) is 38.9 Å². The fourth-order valence-electron chi connectivity index (χ4n) is 2.29. The lowest BCUT2D eigenvalue weighted by atomic mass is 10.1. The fourth-order valence-corrected chi connectivity index (χ4v) is 2.29. The summed E-state index contributed by atoms with van der Waals surface area (Å²) in [4.78, 5) is 23.3. The van der Waals surface area contributed by atoms with Crippen LogP contribution in [-0.2, 0) is 14.3 Å². The Morgan fingerprint density at radius 1 is 1.52 bits per heavy atom. The van der Waals surface area contributed by atoms with E-state index in [-0.39, 0.29) is 22.9 Å². The van der Waals surface area contributed by atoms with Gasteiger partial charge in [0.2, 0.25) is 5.91 Å². The molecule has 0 aromatic heterocycles. The number of anilines is 1. The lowest BCUT2D eigenvalue weighted by Gasteiger charge is -2.17. The van der Waals surface area contributed by atoms with E-state index in [0.29, 0.717) is 13.2 Å². The van der Waals surface area contributed by atoms with Gasteiger partial charge in [-0.25, -0.2) is 4.39 Å². The molecule has 1 aromatic rings. The first kappa shape index (κ1) is 17.4. The van der Waals surface area contributed by atoms with Gasteiger partial charge < -0.3 is 20.5 Å². The summed E-state index contributed by atoms with van der Waals surface area (Å²) < 4.78 is 24.7. The third-order valence-corrected chi connectivity index (χ3v) is 3.81. The number of benzene rings is 1. The zero-order chi connectivity index (χ0) is 17.0. The Hall–Kier alpha value is -1.99. The van der Waals surface area contributed by atoms with E-state index >= 15 is 0 Å². The molecule has 3 N–H and O–H groups in total. The number of rotatable bonds is 6. The molecule has 0 aliphatic carbocycles. The largest absolute Gasteiger partial charge is 0.376 e. The summed E-state index contributed by atoms with van der Waals surface area (Å²) in [5, 5.41) is 2.57. The maximum absolute atomic E-state index is 13.8. The monoisotopic (exact) mass is 324 g/mol. The zero-order valence-corrected chi connectivity index (χ0v) is 13.2.